The van der Waals surface area contributed by atoms with Crippen LogP contribution in [0, 0.1) is 7.11 Å². The Labute approximate surface area is 58.4 Å². The van der Waals surface area contributed by atoms with Crippen LogP contribution in [-0.2, 0) is 0 Å². The van der Waals surface area contributed by atoms with Gasteiger partial charge in [-0.15, -0.1) is 0 Å². The lowest BCUT2D eigenvalue weighted by Gasteiger charge is -1.94. The van der Waals surface area contributed by atoms with E-state index in [0.29, 0.717) is 10.9 Å². The van der Waals surface area contributed by atoms with Crippen LogP contribution in [0.5, 0.6) is 5.88 Å². The van der Waals surface area contributed by atoms with Gasteiger partial charge in [0.05, 0.1) is 0 Å². The van der Waals surface area contributed by atoms with Crippen molar-refractivity contribution in [3.8, 4) is 5.88 Å². The summed E-state index contributed by atoms with van der Waals surface area (Å²) in [5.74, 6) is 0.433. The Kier molecular flexibility index (Phi) is 1.90. The number of ether oxygens (including phenoxy) is 1. The summed E-state index contributed by atoms with van der Waals surface area (Å²) in [6.07, 6.45) is 1.56. The molecule has 1 radical (unpaired) electrons. The molecule has 0 saturated carbocycles. The third-order valence-corrected chi connectivity index (χ3v) is 1.08. The summed E-state index contributed by atoms with van der Waals surface area (Å²) in [7, 11) is 3.18. The number of halogens is 1. The van der Waals surface area contributed by atoms with Crippen LogP contribution in [0.3, 0.4) is 0 Å². The monoisotopic (exact) mass is 142 g/mol. The lowest BCUT2D eigenvalue weighted by Crippen LogP contribution is -1.81. The van der Waals surface area contributed by atoms with Gasteiger partial charge in [0.2, 0.25) is 5.88 Å². The van der Waals surface area contributed by atoms with Crippen molar-refractivity contribution in [1.82, 2.24) is 4.98 Å². The van der Waals surface area contributed by atoms with Gasteiger partial charge >= 0.3 is 0 Å². The first kappa shape index (κ1) is 6.36. The maximum absolute atomic E-state index is 5.58. The Morgan fingerprint density at radius 2 is 2.44 bits per heavy atom. The molecule has 0 aliphatic rings. The van der Waals surface area contributed by atoms with Gasteiger partial charge in [0.25, 0.3) is 0 Å². The lowest BCUT2D eigenvalue weighted by molar-refractivity contribution is 0.453. The van der Waals surface area contributed by atoms with E-state index in [1.165, 1.54) is 0 Å². The minimum absolute atomic E-state index is 0.433. The zero-order chi connectivity index (χ0) is 6.69. The van der Waals surface area contributed by atoms with Crippen molar-refractivity contribution in [3.63, 3.8) is 0 Å². The maximum atomic E-state index is 5.58. The minimum Gasteiger partial charge on any atom is -0.474 e. The fourth-order valence-electron chi connectivity index (χ4n) is 0.464. The van der Waals surface area contributed by atoms with Crippen molar-refractivity contribution in [2.45, 2.75) is 0 Å². The smallest absolute Gasteiger partial charge is 0.214 e. The molecule has 0 fully saturated rings. The van der Waals surface area contributed by atoms with Crippen molar-refractivity contribution >= 4 is 11.6 Å². The van der Waals surface area contributed by atoms with E-state index in [4.69, 9.17) is 11.6 Å². The van der Waals surface area contributed by atoms with Crippen LogP contribution < -0.4 is 4.74 Å². The first-order valence-electron chi connectivity index (χ1n) is 2.36. The summed E-state index contributed by atoms with van der Waals surface area (Å²) in [6.45, 7) is 0. The van der Waals surface area contributed by atoms with Crippen LogP contribution in [0.2, 0.25) is 5.02 Å². The summed E-state index contributed by atoms with van der Waals surface area (Å²) >= 11 is 5.58. The molecule has 0 saturated heterocycles. The van der Waals surface area contributed by atoms with Gasteiger partial charge in [0, 0.05) is 17.3 Å². The van der Waals surface area contributed by atoms with Gasteiger partial charge in [-0.1, -0.05) is 11.6 Å². The average molecular weight is 143 g/mol. The Morgan fingerprint density at radius 1 is 1.67 bits per heavy atom. The molecule has 1 aromatic heterocycles. The zero-order valence-corrected chi connectivity index (χ0v) is 5.43. The molecular formula is C6H5ClNO. The quantitative estimate of drug-likeness (QED) is 0.598. The molecule has 0 unspecified atom stereocenters. The molecule has 0 aliphatic carbocycles. The number of hydrogen-bond donors (Lipinski definition) is 0. The van der Waals surface area contributed by atoms with Gasteiger partial charge in [0.15, 0.2) is 0 Å². The number of nitrogens with zero attached hydrogens (tertiary/aromatic N) is 1. The summed E-state index contributed by atoms with van der Waals surface area (Å²) in [6, 6.07) is 3.26. The van der Waals surface area contributed by atoms with E-state index in [-0.39, 0.29) is 0 Å². The van der Waals surface area contributed by atoms with Crippen LogP contribution >= 0.6 is 11.6 Å². The van der Waals surface area contributed by atoms with E-state index in [1.54, 1.807) is 18.3 Å². The molecule has 0 bridgehead atoms. The Hall–Kier alpha value is -0.760. The van der Waals surface area contributed by atoms with Gasteiger partial charge in [-0.25, -0.2) is 4.98 Å². The Balaban J connectivity index is 2.94. The molecule has 1 aromatic rings. The molecule has 9 heavy (non-hydrogen) atoms. The highest BCUT2D eigenvalue weighted by Gasteiger charge is 1.90. The van der Waals surface area contributed by atoms with Gasteiger partial charge in [-0.3, -0.25) is 0 Å². The predicted molar refractivity (Wildman–Crippen MR) is 35.2 cm³/mol. The Bertz CT molecular complexity index is 202. The molecule has 2 nitrogen and oxygen atoms in total. The fourth-order valence-corrected chi connectivity index (χ4v) is 0.614. The van der Waals surface area contributed by atoms with E-state index >= 15 is 0 Å². The van der Waals surface area contributed by atoms with Crippen LogP contribution in [0.1, 0.15) is 0 Å². The zero-order valence-electron chi connectivity index (χ0n) is 4.67. The normalized spacial score (nSPS) is 9.11. The molecule has 0 aromatic carbocycles. The van der Waals surface area contributed by atoms with E-state index in [0.717, 1.165) is 0 Å². The maximum Gasteiger partial charge on any atom is 0.214 e. The van der Waals surface area contributed by atoms with Gasteiger partial charge in [-0.05, 0) is 6.07 Å². The second-order valence-electron chi connectivity index (χ2n) is 1.46. The van der Waals surface area contributed by atoms with Crippen molar-refractivity contribution in [3.05, 3.63) is 30.5 Å². The van der Waals surface area contributed by atoms with Gasteiger partial charge < -0.3 is 4.74 Å². The topological polar surface area (TPSA) is 22.1 Å². The summed E-state index contributed by atoms with van der Waals surface area (Å²) in [5, 5.41) is 0.601. The van der Waals surface area contributed by atoms with Crippen molar-refractivity contribution in [2.24, 2.45) is 0 Å². The minimum atomic E-state index is 0.433. The molecule has 0 spiro atoms. The standard InChI is InChI=1S/C6H5ClNO/c1-9-6-4-5(7)2-3-8-6/h2-4H,1H2. The van der Waals surface area contributed by atoms with Crippen molar-refractivity contribution < 1.29 is 4.74 Å². The molecule has 1 heterocycles. The number of rotatable bonds is 1. The average Bonchev–Trinajstić information content (AvgIpc) is 1.88. The molecule has 3 heteroatoms. The number of pyridine rings is 1. The Morgan fingerprint density at radius 3 is 2.89 bits per heavy atom. The van der Waals surface area contributed by atoms with Crippen LogP contribution in [0.4, 0.5) is 0 Å². The van der Waals surface area contributed by atoms with Crippen molar-refractivity contribution in [2.75, 3.05) is 0 Å². The van der Waals surface area contributed by atoms with Crippen molar-refractivity contribution in [1.29, 1.82) is 0 Å². The van der Waals surface area contributed by atoms with E-state index in [1.807, 2.05) is 0 Å². The van der Waals surface area contributed by atoms with Crippen LogP contribution in [0.25, 0.3) is 0 Å². The first-order chi connectivity index (χ1) is 4.33. The largest absolute Gasteiger partial charge is 0.474 e. The summed E-state index contributed by atoms with van der Waals surface area (Å²) in [5.41, 5.74) is 0. The number of aromatic nitrogens is 1. The second kappa shape index (κ2) is 2.69. The van der Waals surface area contributed by atoms with E-state index in [9.17, 15) is 0 Å². The second-order valence-corrected chi connectivity index (χ2v) is 1.89. The predicted octanol–water partition coefficient (Wildman–Crippen LogP) is 1.91. The van der Waals surface area contributed by atoms with Crippen LogP contribution in [0.15, 0.2) is 18.3 Å². The molecule has 0 N–H and O–H groups in total. The third-order valence-electron chi connectivity index (χ3n) is 0.845. The molecule has 0 atom stereocenters. The first-order valence-corrected chi connectivity index (χ1v) is 2.74. The lowest BCUT2D eigenvalue weighted by atomic mass is 10.5. The fraction of sp³-hybridized carbons (Fsp3) is 0. The molecule has 1 rings (SSSR count). The number of hydrogen-bond acceptors (Lipinski definition) is 2. The summed E-state index contributed by atoms with van der Waals surface area (Å²) < 4.78 is 4.55. The highest BCUT2D eigenvalue weighted by molar-refractivity contribution is 6.30. The molecular weight excluding hydrogens is 138 g/mol. The van der Waals surface area contributed by atoms with E-state index in [2.05, 4.69) is 16.8 Å². The highest BCUT2D eigenvalue weighted by Crippen LogP contribution is 2.12. The highest BCUT2D eigenvalue weighted by atomic mass is 35.5. The van der Waals surface area contributed by atoms with E-state index < -0.39 is 0 Å². The van der Waals surface area contributed by atoms with Crippen LogP contribution in [-0.4, -0.2) is 4.98 Å². The third kappa shape index (κ3) is 1.57. The molecule has 47 valence electrons. The molecule has 0 amide bonds. The van der Waals surface area contributed by atoms with Gasteiger partial charge in [0.1, 0.15) is 7.11 Å². The van der Waals surface area contributed by atoms with Gasteiger partial charge in [-0.2, -0.15) is 0 Å². The molecule has 0 aliphatic heterocycles. The summed E-state index contributed by atoms with van der Waals surface area (Å²) in [4.78, 5) is 3.79. The SMILES string of the molecule is [CH2]Oc1cc(Cl)ccn1.